The van der Waals surface area contributed by atoms with Gasteiger partial charge in [0.15, 0.2) is 0 Å². The lowest BCUT2D eigenvalue weighted by Crippen LogP contribution is -2.43. The number of rotatable bonds is 5. The summed E-state index contributed by atoms with van der Waals surface area (Å²) in [6.45, 7) is 0.0296. The van der Waals surface area contributed by atoms with Crippen LogP contribution in [-0.4, -0.2) is 48.8 Å². The first-order valence-corrected chi connectivity index (χ1v) is 7.50. The predicted octanol–water partition coefficient (Wildman–Crippen LogP) is 1.46. The summed E-state index contributed by atoms with van der Waals surface area (Å²) in [5.74, 6) is -2.44. The minimum Gasteiger partial charge on any atom is -0.481 e. The molecule has 1 aliphatic rings. The minimum atomic E-state index is -4.37. The van der Waals surface area contributed by atoms with E-state index in [1.165, 1.54) is 0 Å². The normalized spacial score (nSPS) is 22.4. The van der Waals surface area contributed by atoms with Gasteiger partial charge in [-0.15, -0.1) is 0 Å². The number of halogens is 3. The molecule has 1 atom stereocenters. The van der Waals surface area contributed by atoms with Crippen molar-refractivity contribution in [1.82, 2.24) is 4.31 Å². The molecule has 0 spiro atoms. The topological polar surface area (TPSA) is 74.7 Å². The Morgan fingerprint density at radius 3 is 2.53 bits per heavy atom. The first-order valence-electron chi connectivity index (χ1n) is 5.89. The molecule has 112 valence electrons. The highest BCUT2D eigenvalue weighted by Crippen LogP contribution is 2.24. The molecule has 1 fully saturated rings. The Balaban J connectivity index is 2.55. The Kier molecular flexibility index (Phi) is 5.19. The van der Waals surface area contributed by atoms with Gasteiger partial charge in [-0.25, -0.2) is 12.7 Å². The van der Waals surface area contributed by atoms with E-state index in [0.717, 1.165) is 4.31 Å². The van der Waals surface area contributed by atoms with Gasteiger partial charge in [0.05, 0.1) is 11.7 Å². The molecular formula is C10H16F3NO4S. The zero-order valence-corrected chi connectivity index (χ0v) is 11.0. The molecule has 0 aromatic heterocycles. The molecule has 19 heavy (non-hydrogen) atoms. The van der Waals surface area contributed by atoms with Crippen LogP contribution in [0.15, 0.2) is 0 Å². The Labute approximate surface area is 109 Å². The summed E-state index contributed by atoms with van der Waals surface area (Å²) in [6.07, 6.45) is -5.22. The molecule has 1 N–H and O–H groups in total. The van der Waals surface area contributed by atoms with Gasteiger partial charge in [0.25, 0.3) is 0 Å². The fourth-order valence-corrected chi connectivity index (χ4v) is 3.56. The number of nitrogens with zero attached hydrogens (tertiary/aromatic N) is 1. The van der Waals surface area contributed by atoms with Gasteiger partial charge in [0, 0.05) is 19.5 Å². The maximum absolute atomic E-state index is 12.0. The third-order valence-corrected chi connectivity index (χ3v) is 4.91. The van der Waals surface area contributed by atoms with Crippen molar-refractivity contribution >= 4 is 16.0 Å². The second-order valence-electron chi connectivity index (χ2n) is 4.57. The lowest BCUT2D eigenvalue weighted by atomic mass is 10.0. The lowest BCUT2D eigenvalue weighted by molar-refractivity contribution is -0.142. The van der Waals surface area contributed by atoms with E-state index >= 15 is 0 Å². The average molecular weight is 303 g/mol. The number of carbonyl (C=O) groups is 1. The van der Waals surface area contributed by atoms with Crippen molar-refractivity contribution in [3.8, 4) is 0 Å². The lowest BCUT2D eigenvalue weighted by Gasteiger charge is -2.29. The number of carboxylic acids is 1. The number of carboxylic acid groups (broad SMARTS) is 1. The largest absolute Gasteiger partial charge is 0.481 e. The van der Waals surface area contributed by atoms with Gasteiger partial charge in [-0.3, -0.25) is 4.79 Å². The van der Waals surface area contributed by atoms with Gasteiger partial charge in [0.2, 0.25) is 10.0 Å². The van der Waals surface area contributed by atoms with Crippen LogP contribution in [0.2, 0.25) is 0 Å². The second kappa shape index (κ2) is 6.08. The highest BCUT2D eigenvalue weighted by atomic mass is 32.2. The number of aliphatic carboxylic acids is 1. The summed E-state index contributed by atoms with van der Waals surface area (Å²) in [5, 5.41) is 8.83. The van der Waals surface area contributed by atoms with Crippen LogP contribution >= 0.6 is 0 Å². The molecule has 0 aromatic carbocycles. The van der Waals surface area contributed by atoms with Crippen LogP contribution in [0.3, 0.4) is 0 Å². The summed E-state index contributed by atoms with van der Waals surface area (Å²) < 4.78 is 60.5. The Hall–Kier alpha value is -0.830. The van der Waals surface area contributed by atoms with E-state index in [0.29, 0.717) is 12.8 Å². The molecule has 0 unspecified atom stereocenters. The van der Waals surface area contributed by atoms with Crippen LogP contribution in [-0.2, 0) is 14.8 Å². The average Bonchev–Trinajstić information content (AvgIpc) is 2.27. The molecule has 9 heteroatoms. The highest BCUT2D eigenvalue weighted by Gasteiger charge is 2.33. The zero-order valence-electron chi connectivity index (χ0n) is 10.2. The first-order chi connectivity index (χ1) is 8.62. The molecule has 1 aliphatic heterocycles. The fourth-order valence-electron chi connectivity index (χ4n) is 1.98. The van der Waals surface area contributed by atoms with Crippen LogP contribution in [0, 0.1) is 5.92 Å². The molecule has 0 radical (unpaired) electrons. The monoisotopic (exact) mass is 303 g/mol. The summed E-state index contributed by atoms with van der Waals surface area (Å²) in [4.78, 5) is 10.8. The smallest absolute Gasteiger partial charge is 0.389 e. The Bertz CT molecular complexity index is 421. The molecule has 1 rings (SSSR count). The van der Waals surface area contributed by atoms with E-state index < -0.39 is 46.7 Å². The third kappa shape index (κ3) is 5.35. The number of alkyl halides is 3. The first kappa shape index (κ1) is 16.2. The van der Waals surface area contributed by atoms with E-state index in [2.05, 4.69) is 0 Å². The molecule has 1 saturated heterocycles. The van der Waals surface area contributed by atoms with Gasteiger partial charge in [-0.2, -0.15) is 13.2 Å². The third-order valence-electron chi connectivity index (χ3n) is 2.99. The highest BCUT2D eigenvalue weighted by molar-refractivity contribution is 7.89. The maximum Gasteiger partial charge on any atom is 0.389 e. The van der Waals surface area contributed by atoms with Crippen molar-refractivity contribution in [2.45, 2.75) is 31.9 Å². The number of piperidine rings is 1. The summed E-state index contributed by atoms with van der Waals surface area (Å²) in [7, 11) is -3.80. The SMILES string of the molecule is O=C(O)[C@H]1CCCN(S(=O)(=O)CCCC(F)(F)F)C1. The van der Waals surface area contributed by atoms with Gasteiger partial charge in [-0.05, 0) is 19.3 Å². The summed E-state index contributed by atoms with van der Waals surface area (Å²) >= 11 is 0. The molecule has 0 aliphatic carbocycles. The van der Waals surface area contributed by atoms with Gasteiger partial charge >= 0.3 is 12.1 Å². The van der Waals surface area contributed by atoms with E-state index in [9.17, 15) is 26.4 Å². The van der Waals surface area contributed by atoms with Crippen molar-refractivity contribution in [1.29, 1.82) is 0 Å². The van der Waals surface area contributed by atoms with E-state index in [-0.39, 0.29) is 13.1 Å². The van der Waals surface area contributed by atoms with Crippen LogP contribution in [0.5, 0.6) is 0 Å². The molecule has 0 bridgehead atoms. The standard InChI is InChI=1S/C10H16F3NO4S/c11-10(12,13)4-2-6-19(17,18)14-5-1-3-8(7-14)9(15)16/h8H,1-7H2,(H,15,16)/t8-/m0/s1. The van der Waals surface area contributed by atoms with Gasteiger partial charge in [0.1, 0.15) is 0 Å². The number of hydrogen-bond acceptors (Lipinski definition) is 3. The molecule has 0 aromatic rings. The molecule has 0 amide bonds. The van der Waals surface area contributed by atoms with Crippen LogP contribution in [0.4, 0.5) is 13.2 Å². The molecular weight excluding hydrogens is 287 g/mol. The van der Waals surface area contributed by atoms with Crippen LogP contribution in [0.25, 0.3) is 0 Å². The summed E-state index contributed by atoms with van der Waals surface area (Å²) in [5.41, 5.74) is 0. The Morgan fingerprint density at radius 2 is 2.00 bits per heavy atom. The Morgan fingerprint density at radius 1 is 1.37 bits per heavy atom. The number of hydrogen-bond donors (Lipinski definition) is 1. The van der Waals surface area contributed by atoms with Gasteiger partial charge in [-0.1, -0.05) is 0 Å². The molecule has 5 nitrogen and oxygen atoms in total. The van der Waals surface area contributed by atoms with Crippen molar-refractivity contribution in [2.75, 3.05) is 18.8 Å². The fraction of sp³-hybridized carbons (Fsp3) is 0.900. The second-order valence-corrected chi connectivity index (χ2v) is 6.66. The minimum absolute atomic E-state index is 0.149. The van der Waals surface area contributed by atoms with Crippen LogP contribution < -0.4 is 0 Å². The summed E-state index contributed by atoms with van der Waals surface area (Å²) in [6, 6.07) is 0. The molecule has 0 saturated carbocycles. The van der Waals surface area contributed by atoms with Crippen molar-refractivity contribution < 1.29 is 31.5 Å². The van der Waals surface area contributed by atoms with Crippen LogP contribution in [0.1, 0.15) is 25.7 Å². The quantitative estimate of drug-likeness (QED) is 0.834. The van der Waals surface area contributed by atoms with E-state index in [1.807, 2.05) is 0 Å². The predicted molar refractivity (Wildman–Crippen MR) is 61.0 cm³/mol. The van der Waals surface area contributed by atoms with Gasteiger partial charge < -0.3 is 5.11 Å². The van der Waals surface area contributed by atoms with Crippen molar-refractivity contribution in [3.63, 3.8) is 0 Å². The maximum atomic E-state index is 12.0. The zero-order chi connectivity index (χ0) is 14.7. The van der Waals surface area contributed by atoms with Crippen molar-refractivity contribution in [3.05, 3.63) is 0 Å². The number of sulfonamides is 1. The van der Waals surface area contributed by atoms with E-state index in [1.54, 1.807) is 0 Å². The van der Waals surface area contributed by atoms with Crippen molar-refractivity contribution in [2.24, 2.45) is 5.92 Å². The van der Waals surface area contributed by atoms with E-state index in [4.69, 9.17) is 5.11 Å². The molecule has 1 heterocycles.